The number of anilines is 1. The number of benzene rings is 1. The normalized spacial score (nSPS) is 23.9. The van der Waals surface area contributed by atoms with E-state index in [9.17, 15) is 4.79 Å². The molecule has 13 heteroatoms. The highest BCUT2D eigenvalue weighted by atomic mass is 16.8. The lowest BCUT2D eigenvalue weighted by atomic mass is 10.0. The van der Waals surface area contributed by atoms with Crippen LogP contribution in [0.25, 0.3) is 11.2 Å². The molecular weight excluding hydrogens is 552 g/mol. The molecule has 2 fully saturated rings. The molecule has 5 atom stereocenters. The van der Waals surface area contributed by atoms with Crippen molar-refractivity contribution in [2.24, 2.45) is 5.73 Å². The largest absolute Gasteiger partial charge is 0.444 e. The van der Waals surface area contributed by atoms with Gasteiger partial charge in [-0.15, -0.1) is 0 Å². The fourth-order valence-electron chi connectivity index (χ4n) is 5.75. The third kappa shape index (κ3) is 7.60. The fraction of sp³-hybridized carbons (Fsp3) is 0.600. The van der Waals surface area contributed by atoms with Gasteiger partial charge in [-0.1, -0.05) is 30.3 Å². The predicted octanol–water partition coefficient (Wildman–Crippen LogP) is 2.61. The van der Waals surface area contributed by atoms with Gasteiger partial charge in [-0.05, 0) is 53.0 Å². The van der Waals surface area contributed by atoms with Crippen molar-refractivity contribution >= 4 is 23.1 Å². The summed E-state index contributed by atoms with van der Waals surface area (Å²) in [6.07, 6.45) is 2.46. The Labute approximate surface area is 252 Å². The van der Waals surface area contributed by atoms with Gasteiger partial charge in [0.2, 0.25) is 0 Å². The molecule has 0 radical (unpaired) electrons. The van der Waals surface area contributed by atoms with Crippen molar-refractivity contribution in [3.8, 4) is 0 Å². The first-order valence-electron chi connectivity index (χ1n) is 14.8. The van der Waals surface area contributed by atoms with E-state index >= 15 is 0 Å². The number of carbonyl (C=O) groups is 1. The molecule has 2 aromatic heterocycles. The Morgan fingerprint density at radius 3 is 2.60 bits per heavy atom. The number of nitrogen functional groups attached to an aromatic ring is 1. The third-order valence-corrected chi connectivity index (χ3v) is 7.51. The van der Waals surface area contributed by atoms with Crippen molar-refractivity contribution in [1.82, 2.24) is 29.7 Å². The molecule has 0 saturated carbocycles. The number of ether oxygens (including phenoxy) is 4. The van der Waals surface area contributed by atoms with Crippen LogP contribution < -0.4 is 16.8 Å². The average Bonchev–Trinajstić information content (AvgIpc) is 3.58. The Hall–Kier alpha value is -3.36. The number of fused-ring (bicyclic) bond motifs is 2. The number of nitrogens with two attached hydrogens (primary N) is 2. The Morgan fingerprint density at radius 2 is 1.88 bits per heavy atom. The SMILES string of the molecule is CC(C)(C)OC(=O)N[C@@H](CCN(CCN)C[C@H]1O[C@@H](n2cnc3c(N)ncnc32)[C@@H]2OC(C)(C)O[C@@H]21)Cc1ccccc1. The van der Waals surface area contributed by atoms with E-state index in [0.717, 1.165) is 5.56 Å². The van der Waals surface area contributed by atoms with E-state index < -0.39 is 23.7 Å². The highest BCUT2D eigenvalue weighted by molar-refractivity contribution is 5.81. The summed E-state index contributed by atoms with van der Waals surface area (Å²) in [6.45, 7) is 11.7. The second-order valence-corrected chi connectivity index (χ2v) is 12.6. The van der Waals surface area contributed by atoms with E-state index in [1.165, 1.54) is 6.33 Å². The van der Waals surface area contributed by atoms with E-state index in [2.05, 4.69) is 37.3 Å². The van der Waals surface area contributed by atoms with Crippen LogP contribution in [0.1, 0.15) is 52.8 Å². The molecule has 4 heterocycles. The standard InChI is InChI=1S/C30H44N8O5/c1-29(2,3)43-28(39)36-20(15-19-9-7-6-8-10-19)11-13-37(14-12-31)16-21-23-24(42-30(4,5)41-23)27(40-21)38-18-35-22-25(32)33-17-34-26(22)38/h6-10,17-18,20-21,23-24,27H,11-16,31H2,1-5H3,(H,36,39)(H2,32,33,34)/t20-,21+,23+,24+,27+/m0/s1. The lowest BCUT2D eigenvalue weighted by Crippen LogP contribution is -2.45. The molecule has 43 heavy (non-hydrogen) atoms. The topological polar surface area (TPSA) is 165 Å². The zero-order valence-electron chi connectivity index (χ0n) is 25.6. The zero-order valence-corrected chi connectivity index (χ0v) is 25.6. The van der Waals surface area contributed by atoms with Crippen LogP contribution in [0.15, 0.2) is 43.0 Å². The minimum Gasteiger partial charge on any atom is -0.444 e. The molecule has 2 aliphatic heterocycles. The zero-order chi connectivity index (χ0) is 30.8. The van der Waals surface area contributed by atoms with Crippen molar-refractivity contribution in [2.75, 3.05) is 31.9 Å². The first kappa shape index (κ1) is 31.1. The highest BCUT2D eigenvalue weighted by Crippen LogP contribution is 2.44. The molecule has 0 aliphatic carbocycles. The van der Waals surface area contributed by atoms with Gasteiger partial charge in [0.05, 0.1) is 6.33 Å². The second kappa shape index (κ2) is 12.7. The van der Waals surface area contributed by atoms with Gasteiger partial charge in [0.15, 0.2) is 23.5 Å². The third-order valence-electron chi connectivity index (χ3n) is 7.51. The summed E-state index contributed by atoms with van der Waals surface area (Å²) in [5.74, 6) is -0.477. The van der Waals surface area contributed by atoms with E-state index in [-0.39, 0.29) is 24.4 Å². The summed E-state index contributed by atoms with van der Waals surface area (Å²) in [4.78, 5) is 27.8. The molecule has 5 N–H and O–H groups in total. The molecular formula is C30H44N8O5. The van der Waals surface area contributed by atoms with E-state index in [1.54, 1.807) is 6.33 Å². The summed E-state index contributed by atoms with van der Waals surface area (Å²) in [5, 5.41) is 3.08. The van der Waals surface area contributed by atoms with E-state index in [0.29, 0.717) is 56.0 Å². The summed E-state index contributed by atoms with van der Waals surface area (Å²) in [6, 6.07) is 9.96. The first-order chi connectivity index (χ1) is 20.4. The van der Waals surface area contributed by atoms with Crippen LogP contribution in [-0.2, 0) is 25.4 Å². The molecule has 0 spiro atoms. The predicted molar refractivity (Wildman–Crippen MR) is 161 cm³/mol. The molecule has 5 rings (SSSR count). The molecule has 2 aliphatic rings. The van der Waals surface area contributed by atoms with Crippen LogP contribution in [0.2, 0.25) is 0 Å². The van der Waals surface area contributed by atoms with Gasteiger partial charge >= 0.3 is 6.09 Å². The van der Waals surface area contributed by atoms with Crippen LogP contribution in [-0.4, -0.2) is 92.4 Å². The Morgan fingerprint density at radius 1 is 1.14 bits per heavy atom. The molecule has 234 valence electrons. The monoisotopic (exact) mass is 596 g/mol. The number of nitrogens with zero attached hydrogens (tertiary/aromatic N) is 5. The maximum absolute atomic E-state index is 12.7. The molecule has 13 nitrogen and oxygen atoms in total. The number of alkyl carbamates (subject to hydrolysis) is 1. The highest BCUT2D eigenvalue weighted by Gasteiger charge is 2.56. The van der Waals surface area contributed by atoms with Crippen LogP contribution >= 0.6 is 0 Å². The van der Waals surface area contributed by atoms with Gasteiger partial charge in [0.25, 0.3) is 0 Å². The number of nitrogens with one attached hydrogen (secondary N) is 1. The number of rotatable bonds is 11. The van der Waals surface area contributed by atoms with Crippen LogP contribution in [0.5, 0.6) is 0 Å². The number of carbonyl (C=O) groups excluding carboxylic acids is 1. The summed E-state index contributed by atoms with van der Waals surface area (Å²) in [7, 11) is 0. The van der Waals surface area contributed by atoms with Crippen LogP contribution in [0.3, 0.4) is 0 Å². The first-order valence-corrected chi connectivity index (χ1v) is 14.8. The Kier molecular flexibility index (Phi) is 9.18. The summed E-state index contributed by atoms with van der Waals surface area (Å²) >= 11 is 0. The number of hydrogen-bond donors (Lipinski definition) is 3. The van der Waals surface area contributed by atoms with Gasteiger partial charge in [-0.2, -0.15) is 0 Å². The minimum atomic E-state index is -0.781. The number of amides is 1. The lowest BCUT2D eigenvalue weighted by molar-refractivity contribution is -0.198. The van der Waals surface area contributed by atoms with Crippen molar-refractivity contribution in [2.45, 2.75) is 89.4 Å². The van der Waals surface area contributed by atoms with Gasteiger partial charge in [0, 0.05) is 32.2 Å². The Balaban J connectivity index is 1.31. The van der Waals surface area contributed by atoms with Crippen LogP contribution in [0.4, 0.5) is 10.6 Å². The lowest BCUT2D eigenvalue weighted by Gasteiger charge is -2.30. The maximum atomic E-state index is 12.7. The molecule has 0 unspecified atom stereocenters. The number of hydrogen-bond acceptors (Lipinski definition) is 11. The number of aromatic nitrogens is 4. The smallest absolute Gasteiger partial charge is 0.407 e. The van der Waals surface area contributed by atoms with Crippen LogP contribution in [0, 0.1) is 0 Å². The second-order valence-electron chi connectivity index (χ2n) is 12.6. The minimum absolute atomic E-state index is 0.144. The molecule has 3 aromatic rings. The van der Waals surface area contributed by atoms with Crippen molar-refractivity contribution in [3.63, 3.8) is 0 Å². The van der Waals surface area contributed by atoms with Gasteiger partial charge in [0.1, 0.15) is 35.8 Å². The van der Waals surface area contributed by atoms with Gasteiger partial charge in [-0.3, -0.25) is 9.47 Å². The van der Waals surface area contributed by atoms with Crippen molar-refractivity contribution < 1.29 is 23.7 Å². The Bertz CT molecular complexity index is 1380. The van der Waals surface area contributed by atoms with E-state index in [4.69, 9.17) is 30.4 Å². The summed E-state index contributed by atoms with van der Waals surface area (Å²) in [5.41, 5.74) is 13.7. The molecule has 1 amide bonds. The van der Waals surface area contributed by atoms with Gasteiger partial charge < -0.3 is 35.7 Å². The fourth-order valence-corrected chi connectivity index (χ4v) is 5.75. The molecule has 2 saturated heterocycles. The number of imidazole rings is 1. The van der Waals surface area contributed by atoms with Crippen molar-refractivity contribution in [3.05, 3.63) is 48.5 Å². The molecule has 0 bridgehead atoms. The summed E-state index contributed by atoms with van der Waals surface area (Å²) < 4.78 is 26.7. The average molecular weight is 597 g/mol. The molecule has 1 aromatic carbocycles. The van der Waals surface area contributed by atoms with Crippen molar-refractivity contribution in [1.29, 1.82) is 0 Å². The van der Waals surface area contributed by atoms with E-state index in [1.807, 2.05) is 57.4 Å². The van der Waals surface area contributed by atoms with Gasteiger partial charge in [-0.25, -0.2) is 19.7 Å². The quantitative estimate of drug-likeness (QED) is 0.298. The maximum Gasteiger partial charge on any atom is 0.407 e.